The van der Waals surface area contributed by atoms with Gasteiger partial charge in [-0.25, -0.2) is 0 Å². The normalized spacial score (nSPS) is 31.1. The molecule has 1 saturated heterocycles. The van der Waals surface area contributed by atoms with Gasteiger partial charge in [-0.15, -0.1) is 0 Å². The predicted molar refractivity (Wildman–Crippen MR) is 69.8 cm³/mol. The molecule has 3 heteroatoms. The van der Waals surface area contributed by atoms with Crippen LogP contribution in [0.25, 0.3) is 0 Å². The highest BCUT2D eigenvalue weighted by Gasteiger charge is 2.30. The van der Waals surface area contributed by atoms with E-state index in [1.54, 1.807) is 0 Å². The topological polar surface area (TPSA) is 41.1 Å². The van der Waals surface area contributed by atoms with Gasteiger partial charge in [0.15, 0.2) is 0 Å². The van der Waals surface area contributed by atoms with Crippen molar-refractivity contribution in [2.45, 2.75) is 63.8 Å². The SMILES string of the molecule is CC1(NC(=O)CC2CCCCCC2)CCNC1. The molecule has 1 aliphatic carbocycles. The van der Waals surface area contributed by atoms with Crippen molar-refractivity contribution in [2.24, 2.45) is 5.92 Å². The van der Waals surface area contributed by atoms with Crippen LogP contribution in [0, 0.1) is 5.92 Å². The molecule has 2 aliphatic rings. The molecule has 1 amide bonds. The molecule has 0 bridgehead atoms. The fraction of sp³-hybridized carbons (Fsp3) is 0.929. The van der Waals surface area contributed by atoms with Gasteiger partial charge in [0.1, 0.15) is 0 Å². The standard InChI is InChI=1S/C14H26N2O/c1-14(8-9-15-11-14)16-13(17)10-12-6-4-2-3-5-7-12/h12,15H,2-11H2,1H3,(H,16,17). The lowest BCUT2D eigenvalue weighted by molar-refractivity contribution is -0.123. The summed E-state index contributed by atoms with van der Waals surface area (Å²) in [5.74, 6) is 0.901. The van der Waals surface area contributed by atoms with Gasteiger partial charge >= 0.3 is 0 Å². The predicted octanol–water partition coefficient (Wildman–Crippen LogP) is 2.22. The number of amides is 1. The molecular weight excluding hydrogens is 212 g/mol. The quantitative estimate of drug-likeness (QED) is 0.740. The first-order valence-electron chi connectivity index (χ1n) is 7.20. The van der Waals surface area contributed by atoms with E-state index in [1.165, 1.54) is 38.5 Å². The van der Waals surface area contributed by atoms with Crippen LogP contribution in [0.2, 0.25) is 0 Å². The molecule has 0 spiro atoms. The number of carbonyl (C=O) groups excluding carboxylic acids is 1. The van der Waals surface area contributed by atoms with Crippen molar-refractivity contribution in [3.8, 4) is 0 Å². The van der Waals surface area contributed by atoms with Gasteiger partial charge in [0.2, 0.25) is 5.91 Å². The van der Waals surface area contributed by atoms with E-state index < -0.39 is 0 Å². The highest BCUT2D eigenvalue weighted by molar-refractivity contribution is 5.77. The average molecular weight is 238 g/mol. The third kappa shape index (κ3) is 3.98. The molecule has 1 atom stereocenters. The van der Waals surface area contributed by atoms with Crippen molar-refractivity contribution in [3.05, 3.63) is 0 Å². The Balaban J connectivity index is 1.75. The number of hydrogen-bond donors (Lipinski definition) is 2. The number of carbonyl (C=O) groups is 1. The van der Waals surface area contributed by atoms with Crippen molar-refractivity contribution < 1.29 is 4.79 Å². The molecule has 1 unspecified atom stereocenters. The summed E-state index contributed by atoms with van der Waals surface area (Å²) < 4.78 is 0. The summed E-state index contributed by atoms with van der Waals surface area (Å²) in [6.07, 6.45) is 9.66. The van der Waals surface area contributed by atoms with Crippen molar-refractivity contribution in [1.82, 2.24) is 10.6 Å². The van der Waals surface area contributed by atoms with Gasteiger partial charge in [0.25, 0.3) is 0 Å². The van der Waals surface area contributed by atoms with E-state index >= 15 is 0 Å². The summed E-state index contributed by atoms with van der Waals surface area (Å²) in [6, 6.07) is 0. The minimum Gasteiger partial charge on any atom is -0.350 e. The Kier molecular flexibility index (Phi) is 4.43. The van der Waals surface area contributed by atoms with E-state index in [-0.39, 0.29) is 11.4 Å². The monoisotopic (exact) mass is 238 g/mol. The van der Waals surface area contributed by atoms with Crippen molar-refractivity contribution in [1.29, 1.82) is 0 Å². The van der Waals surface area contributed by atoms with Crippen LogP contribution < -0.4 is 10.6 Å². The first kappa shape index (κ1) is 12.9. The molecule has 0 aromatic heterocycles. The molecule has 2 rings (SSSR count). The molecule has 1 saturated carbocycles. The Morgan fingerprint density at radius 2 is 2.00 bits per heavy atom. The zero-order chi connectivity index (χ0) is 12.1. The maximum absolute atomic E-state index is 12.0. The van der Waals surface area contributed by atoms with Gasteiger partial charge in [-0.2, -0.15) is 0 Å². The fourth-order valence-corrected chi connectivity index (χ4v) is 3.14. The van der Waals surface area contributed by atoms with E-state index in [2.05, 4.69) is 17.6 Å². The second-order valence-corrected chi connectivity index (χ2v) is 6.10. The molecule has 1 aliphatic heterocycles. The van der Waals surface area contributed by atoms with Gasteiger partial charge in [-0.3, -0.25) is 4.79 Å². The average Bonchev–Trinajstić information content (AvgIpc) is 2.54. The summed E-state index contributed by atoms with van der Waals surface area (Å²) >= 11 is 0. The van der Waals surface area contributed by atoms with E-state index in [4.69, 9.17) is 0 Å². The molecule has 2 N–H and O–H groups in total. The highest BCUT2D eigenvalue weighted by atomic mass is 16.1. The van der Waals surface area contributed by atoms with Crippen LogP contribution in [0.4, 0.5) is 0 Å². The number of rotatable bonds is 3. The molecule has 0 radical (unpaired) electrons. The van der Waals surface area contributed by atoms with Crippen LogP contribution in [0.3, 0.4) is 0 Å². The first-order valence-corrected chi connectivity index (χ1v) is 7.20. The summed E-state index contributed by atoms with van der Waals surface area (Å²) in [5, 5.41) is 6.54. The minimum absolute atomic E-state index is 0.00180. The van der Waals surface area contributed by atoms with Crippen molar-refractivity contribution in [2.75, 3.05) is 13.1 Å². The largest absolute Gasteiger partial charge is 0.350 e. The second kappa shape index (κ2) is 5.85. The summed E-state index contributed by atoms with van der Waals surface area (Å²) in [7, 11) is 0. The van der Waals surface area contributed by atoms with Gasteiger partial charge in [-0.05, 0) is 38.6 Å². The van der Waals surface area contributed by atoms with E-state index in [0.717, 1.165) is 25.9 Å². The van der Waals surface area contributed by atoms with Crippen LogP contribution in [-0.4, -0.2) is 24.5 Å². The molecule has 0 aromatic rings. The van der Waals surface area contributed by atoms with E-state index in [0.29, 0.717) is 5.92 Å². The second-order valence-electron chi connectivity index (χ2n) is 6.10. The zero-order valence-electron chi connectivity index (χ0n) is 11.1. The smallest absolute Gasteiger partial charge is 0.220 e. The van der Waals surface area contributed by atoms with Crippen LogP contribution in [0.15, 0.2) is 0 Å². The van der Waals surface area contributed by atoms with Gasteiger partial charge in [-0.1, -0.05) is 25.7 Å². The fourth-order valence-electron chi connectivity index (χ4n) is 3.14. The van der Waals surface area contributed by atoms with Gasteiger partial charge in [0, 0.05) is 13.0 Å². The Hall–Kier alpha value is -0.570. The summed E-state index contributed by atoms with van der Waals surface area (Å²) in [4.78, 5) is 12.0. The maximum atomic E-state index is 12.0. The van der Waals surface area contributed by atoms with Crippen LogP contribution >= 0.6 is 0 Å². The number of hydrogen-bond acceptors (Lipinski definition) is 2. The lowest BCUT2D eigenvalue weighted by Gasteiger charge is -2.25. The lowest BCUT2D eigenvalue weighted by atomic mass is 9.95. The molecular formula is C14H26N2O. The molecule has 98 valence electrons. The maximum Gasteiger partial charge on any atom is 0.220 e. The molecule has 2 fully saturated rings. The molecule has 0 aromatic carbocycles. The zero-order valence-corrected chi connectivity index (χ0v) is 11.1. The Labute approximate surface area is 105 Å². The summed E-state index contributed by atoms with van der Waals surface area (Å²) in [6.45, 7) is 4.10. The van der Waals surface area contributed by atoms with E-state index in [1.807, 2.05) is 0 Å². The summed E-state index contributed by atoms with van der Waals surface area (Å²) in [5.41, 5.74) is 0.00180. The third-order valence-electron chi connectivity index (χ3n) is 4.26. The molecule has 1 heterocycles. The Morgan fingerprint density at radius 3 is 2.59 bits per heavy atom. The minimum atomic E-state index is 0.00180. The lowest BCUT2D eigenvalue weighted by Crippen LogP contribution is -2.47. The molecule has 17 heavy (non-hydrogen) atoms. The van der Waals surface area contributed by atoms with Gasteiger partial charge < -0.3 is 10.6 Å². The van der Waals surface area contributed by atoms with Crippen LogP contribution in [0.5, 0.6) is 0 Å². The van der Waals surface area contributed by atoms with Crippen molar-refractivity contribution in [3.63, 3.8) is 0 Å². The third-order valence-corrected chi connectivity index (χ3v) is 4.26. The first-order chi connectivity index (χ1) is 8.18. The van der Waals surface area contributed by atoms with Crippen molar-refractivity contribution >= 4 is 5.91 Å². The van der Waals surface area contributed by atoms with Crippen LogP contribution in [-0.2, 0) is 4.79 Å². The van der Waals surface area contributed by atoms with E-state index in [9.17, 15) is 4.79 Å². The van der Waals surface area contributed by atoms with Gasteiger partial charge in [0.05, 0.1) is 5.54 Å². The van der Waals surface area contributed by atoms with Crippen LogP contribution in [0.1, 0.15) is 58.3 Å². The Morgan fingerprint density at radius 1 is 1.29 bits per heavy atom. The molecule has 3 nitrogen and oxygen atoms in total. The number of nitrogens with one attached hydrogen (secondary N) is 2. The highest BCUT2D eigenvalue weighted by Crippen LogP contribution is 2.25. The Bertz CT molecular complexity index is 251.